The molecule has 26 heavy (non-hydrogen) atoms. The summed E-state index contributed by atoms with van der Waals surface area (Å²) in [6, 6.07) is 14.3. The molecule has 2 aromatic carbocycles. The van der Waals surface area contributed by atoms with Crippen molar-refractivity contribution < 1.29 is 13.9 Å². The van der Waals surface area contributed by atoms with Crippen molar-refractivity contribution in [1.82, 2.24) is 0 Å². The van der Waals surface area contributed by atoms with Crippen LogP contribution in [0.1, 0.15) is 5.56 Å². The Balaban J connectivity index is 1.59. The second kappa shape index (κ2) is 7.40. The zero-order valence-corrected chi connectivity index (χ0v) is 14.9. The zero-order valence-electron chi connectivity index (χ0n) is 14.1. The van der Waals surface area contributed by atoms with Gasteiger partial charge in [-0.25, -0.2) is 0 Å². The van der Waals surface area contributed by atoms with Crippen molar-refractivity contribution in [1.29, 1.82) is 0 Å². The Bertz CT molecular complexity index is 979. The van der Waals surface area contributed by atoms with Gasteiger partial charge in [-0.1, -0.05) is 23.7 Å². The molecule has 3 aromatic rings. The minimum Gasteiger partial charge on any atom is -0.489 e. The maximum Gasteiger partial charge on any atom is 0.200 e. The predicted molar refractivity (Wildman–Crippen MR) is 101 cm³/mol. The van der Waals surface area contributed by atoms with Crippen LogP contribution in [0.2, 0.25) is 5.02 Å². The first kappa shape index (κ1) is 16.9. The van der Waals surface area contributed by atoms with Crippen molar-refractivity contribution in [2.24, 2.45) is 0 Å². The molecular weight excluding hydrogens is 354 g/mol. The number of rotatable bonds is 4. The lowest BCUT2D eigenvalue weighted by Gasteiger charge is -2.27. The van der Waals surface area contributed by atoms with E-state index in [1.807, 2.05) is 29.2 Å². The fourth-order valence-corrected chi connectivity index (χ4v) is 3.16. The van der Waals surface area contributed by atoms with E-state index in [0.717, 1.165) is 5.56 Å². The van der Waals surface area contributed by atoms with Gasteiger partial charge < -0.3 is 18.8 Å². The highest BCUT2D eigenvalue weighted by Crippen LogP contribution is 2.24. The molecule has 2 heterocycles. The van der Waals surface area contributed by atoms with Gasteiger partial charge in [0, 0.05) is 30.2 Å². The summed E-state index contributed by atoms with van der Waals surface area (Å²) in [6.45, 7) is 3.06. The number of hydrogen-bond donors (Lipinski definition) is 0. The van der Waals surface area contributed by atoms with E-state index in [-0.39, 0.29) is 5.43 Å². The Morgan fingerprint density at radius 2 is 1.92 bits per heavy atom. The molecule has 5 nitrogen and oxygen atoms in total. The summed E-state index contributed by atoms with van der Waals surface area (Å²) >= 11 is 5.99. The Morgan fingerprint density at radius 1 is 1.08 bits per heavy atom. The lowest BCUT2D eigenvalue weighted by Crippen LogP contribution is -2.36. The summed E-state index contributed by atoms with van der Waals surface area (Å²) < 4.78 is 17.1. The molecule has 134 valence electrons. The Morgan fingerprint density at radius 3 is 2.73 bits per heavy atom. The van der Waals surface area contributed by atoms with Gasteiger partial charge in [-0.15, -0.1) is 0 Å². The minimum atomic E-state index is -0.0610. The van der Waals surface area contributed by atoms with Crippen molar-refractivity contribution in [3.63, 3.8) is 0 Å². The van der Waals surface area contributed by atoms with Gasteiger partial charge in [-0.2, -0.15) is 0 Å². The van der Waals surface area contributed by atoms with E-state index in [0.29, 0.717) is 60.5 Å². The van der Waals surface area contributed by atoms with Crippen LogP contribution in [0.4, 0.5) is 5.88 Å². The zero-order chi connectivity index (χ0) is 17.9. The van der Waals surface area contributed by atoms with Crippen LogP contribution in [0, 0.1) is 0 Å². The highest BCUT2D eigenvalue weighted by molar-refractivity contribution is 6.30. The first-order valence-electron chi connectivity index (χ1n) is 8.47. The van der Waals surface area contributed by atoms with E-state index in [1.54, 1.807) is 24.3 Å². The molecule has 0 atom stereocenters. The van der Waals surface area contributed by atoms with E-state index >= 15 is 0 Å². The number of morpholine rings is 1. The molecule has 0 saturated carbocycles. The molecule has 0 bridgehead atoms. The first-order valence-corrected chi connectivity index (χ1v) is 8.85. The number of halogens is 1. The van der Waals surface area contributed by atoms with E-state index in [2.05, 4.69) is 0 Å². The predicted octanol–water partition coefficient (Wildman–Crippen LogP) is 3.86. The van der Waals surface area contributed by atoms with Gasteiger partial charge in [0.2, 0.25) is 0 Å². The van der Waals surface area contributed by atoms with Crippen LogP contribution in [0.15, 0.2) is 57.7 Å². The van der Waals surface area contributed by atoms with Crippen molar-refractivity contribution in [2.75, 3.05) is 31.2 Å². The van der Waals surface area contributed by atoms with Crippen LogP contribution in [-0.4, -0.2) is 26.3 Å². The topological polar surface area (TPSA) is 51.9 Å². The molecule has 4 rings (SSSR count). The number of fused-ring (bicyclic) bond motifs is 1. The molecule has 0 amide bonds. The van der Waals surface area contributed by atoms with Gasteiger partial charge in [-0.3, -0.25) is 4.79 Å². The SMILES string of the molecule is O=c1cc(N2CCOCC2)oc2cc(OCc3cccc(Cl)c3)ccc12. The van der Waals surface area contributed by atoms with Crippen molar-refractivity contribution in [3.8, 4) is 5.75 Å². The second-order valence-electron chi connectivity index (χ2n) is 6.12. The highest BCUT2D eigenvalue weighted by Gasteiger charge is 2.15. The third-order valence-corrected chi connectivity index (χ3v) is 4.54. The summed E-state index contributed by atoms with van der Waals surface area (Å²) in [4.78, 5) is 14.4. The Labute approximate surface area is 155 Å². The van der Waals surface area contributed by atoms with Crippen LogP contribution in [0.5, 0.6) is 5.75 Å². The molecule has 0 radical (unpaired) electrons. The molecule has 0 spiro atoms. The average molecular weight is 372 g/mol. The maximum atomic E-state index is 12.4. The standard InChI is InChI=1S/C20H18ClNO4/c21-15-3-1-2-14(10-15)13-25-16-4-5-17-18(23)12-20(26-19(17)11-16)22-6-8-24-9-7-22/h1-5,10-12H,6-9,13H2. The van der Waals surface area contributed by atoms with E-state index in [1.165, 1.54) is 0 Å². The highest BCUT2D eigenvalue weighted by atomic mass is 35.5. The molecule has 0 unspecified atom stereocenters. The van der Waals surface area contributed by atoms with E-state index < -0.39 is 0 Å². The molecule has 1 aliphatic rings. The molecule has 1 aromatic heterocycles. The normalized spacial score (nSPS) is 14.6. The maximum absolute atomic E-state index is 12.4. The first-order chi connectivity index (χ1) is 12.7. The lowest BCUT2D eigenvalue weighted by molar-refractivity contribution is 0.121. The molecule has 1 aliphatic heterocycles. The Kier molecular flexibility index (Phi) is 4.82. The largest absolute Gasteiger partial charge is 0.489 e. The van der Waals surface area contributed by atoms with Crippen LogP contribution in [-0.2, 0) is 11.3 Å². The minimum absolute atomic E-state index is 0.0610. The van der Waals surface area contributed by atoms with Gasteiger partial charge in [0.25, 0.3) is 0 Å². The summed E-state index contributed by atoms with van der Waals surface area (Å²) in [6.07, 6.45) is 0. The fraction of sp³-hybridized carbons (Fsp3) is 0.250. The smallest absolute Gasteiger partial charge is 0.200 e. The van der Waals surface area contributed by atoms with Gasteiger partial charge in [0.05, 0.1) is 18.6 Å². The van der Waals surface area contributed by atoms with Crippen LogP contribution < -0.4 is 15.1 Å². The number of nitrogens with zero attached hydrogens (tertiary/aromatic N) is 1. The second-order valence-corrected chi connectivity index (χ2v) is 6.56. The van der Waals surface area contributed by atoms with Crippen molar-refractivity contribution in [2.45, 2.75) is 6.61 Å². The monoisotopic (exact) mass is 371 g/mol. The number of hydrogen-bond acceptors (Lipinski definition) is 5. The summed E-state index contributed by atoms with van der Waals surface area (Å²) in [5.74, 6) is 1.21. The summed E-state index contributed by atoms with van der Waals surface area (Å²) in [5.41, 5.74) is 1.43. The lowest BCUT2D eigenvalue weighted by atomic mass is 10.2. The summed E-state index contributed by atoms with van der Waals surface area (Å²) in [7, 11) is 0. The molecule has 6 heteroatoms. The number of anilines is 1. The number of benzene rings is 2. The molecule has 0 N–H and O–H groups in total. The summed E-state index contributed by atoms with van der Waals surface area (Å²) in [5, 5.41) is 1.21. The molecule has 0 aliphatic carbocycles. The van der Waals surface area contributed by atoms with E-state index in [9.17, 15) is 4.79 Å². The van der Waals surface area contributed by atoms with Crippen molar-refractivity contribution in [3.05, 3.63) is 69.3 Å². The van der Waals surface area contributed by atoms with Crippen LogP contribution >= 0.6 is 11.6 Å². The third kappa shape index (κ3) is 3.69. The van der Waals surface area contributed by atoms with Crippen LogP contribution in [0.3, 0.4) is 0 Å². The van der Waals surface area contributed by atoms with Gasteiger partial charge >= 0.3 is 0 Å². The Hall–Kier alpha value is -2.50. The van der Waals surface area contributed by atoms with Gasteiger partial charge in [0.15, 0.2) is 11.3 Å². The van der Waals surface area contributed by atoms with Gasteiger partial charge in [0.1, 0.15) is 17.9 Å². The van der Waals surface area contributed by atoms with Crippen LogP contribution in [0.25, 0.3) is 11.0 Å². The van der Waals surface area contributed by atoms with E-state index in [4.69, 9.17) is 25.5 Å². The van der Waals surface area contributed by atoms with Crippen molar-refractivity contribution >= 4 is 28.5 Å². The third-order valence-electron chi connectivity index (χ3n) is 4.30. The molecular formula is C20H18ClNO4. The quantitative estimate of drug-likeness (QED) is 0.697. The number of ether oxygens (including phenoxy) is 2. The molecule has 1 fully saturated rings. The average Bonchev–Trinajstić information content (AvgIpc) is 2.67. The van der Waals surface area contributed by atoms with Gasteiger partial charge in [-0.05, 0) is 29.8 Å². The fourth-order valence-electron chi connectivity index (χ4n) is 2.95. The molecule has 1 saturated heterocycles.